The lowest BCUT2D eigenvalue weighted by atomic mass is 9.96. The molecule has 0 amide bonds. The van der Waals surface area contributed by atoms with E-state index < -0.39 is 6.10 Å². The van der Waals surface area contributed by atoms with E-state index in [2.05, 4.69) is 62.9 Å². The quantitative estimate of drug-likeness (QED) is 0.0926. The van der Waals surface area contributed by atoms with Crippen molar-refractivity contribution in [2.45, 2.75) is 33.8 Å². The summed E-state index contributed by atoms with van der Waals surface area (Å²) in [5, 5.41) is 18.1. The summed E-state index contributed by atoms with van der Waals surface area (Å²) in [5.41, 5.74) is 10.4. The van der Waals surface area contributed by atoms with E-state index in [-0.39, 0.29) is 20.0 Å². The molecule has 0 bridgehead atoms. The molecular formula is C46H46O6. The monoisotopic (exact) mass is 694 g/mol. The molecular weight excluding hydrogens is 649 g/mol. The first-order chi connectivity index (χ1) is 25.3. The third-order valence-corrected chi connectivity index (χ3v) is 8.47. The Balaban J connectivity index is 0.00000168. The van der Waals surface area contributed by atoms with Gasteiger partial charge in [0.05, 0.1) is 6.26 Å². The number of aliphatic hydroxyl groups excluding tert-OH is 2. The van der Waals surface area contributed by atoms with Crippen molar-refractivity contribution in [3.63, 3.8) is 0 Å². The van der Waals surface area contributed by atoms with Crippen molar-refractivity contribution in [2.24, 2.45) is 0 Å². The van der Waals surface area contributed by atoms with E-state index in [4.69, 9.17) is 24.1 Å². The van der Waals surface area contributed by atoms with Gasteiger partial charge < -0.3 is 29.2 Å². The van der Waals surface area contributed by atoms with Gasteiger partial charge in [0.2, 0.25) is 6.79 Å². The van der Waals surface area contributed by atoms with Gasteiger partial charge in [-0.1, -0.05) is 104 Å². The molecule has 0 aromatic heterocycles. The average molecular weight is 695 g/mol. The Morgan fingerprint density at radius 2 is 0.865 bits per heavy atom. The molecule has 0 heterocycles. The predicted octanol–water partition coefficient (Wildman–Crippen LogP) is 10.8. The lowest BCUT2D eigenvalue weighted by Gasteiger charge is -2.19. The number of hydrogen-bond donors (Lipinski definition) is 2. The SMILES string of the molecule is C=CO.Cc1cc(-c2cc(C)c(OCC(O)COc3ccccc3-c3ccccc3)c(C)c2)cc(C)c1OCOc1ccccc1-c1ccccc1. The van der Waals surface area contributed by atoms with Gasteiger partial charge in [0.1, 0.15) is 42.3 Å². The van der Waals surface area contributed by atoms with Gasteiger partial charge >= 0.3 is 0 Å². The lowest BCUT2D eigenvalue weighted by Crippen LogP contribution is -2.25. The fourth-order valence-electron chi connectivity index (χ4n) is 6.15. The molecule has 6 heteroatoms. The molecule has 0 saturated heterocycles. The molecule has 0 spiro atoms. The number of rotatable bonds is 13. The third-order valence-electron chi connectivity index (χ3n) is 8.47. The van der Waals surface area contributed by atoms with Gasteiger partial charge in [0.15, 0.2) is 0 Å². The second-order valence-corrected chi connectivity index (χ2v) is 12.5. The zero-order valence-electron chi connectivity index (χ0n) is 30.2. The van der Waals surface area contributed by atoms with Crippen LogP contribution in [0.4, 0.5) is 0 Å². The maximum atomic E-state index is 10.8. The summed E-state index contributed by atoms with van der Waals surface area (Å²) in [5.74, 6) is 3.10. The first-order valence-corrected chi connectivity index (χ1v) is 17.2. The highest BCUT2D eigenvalue weighted by atomic mass is 16.7. The average Bonchev–Trinajstić information content (AvgIpc) is 3.16. The first kappa shape index (κ1) is 37.3. The van der Waals surface area contributed by atoms with Crippen LogP contribution in [0.15, 0.2) is 146 Å². The molecule has 1 atom stereocenters. The molecule has 6 rings (SSSR count). The number of aliphatic hydroxyl groups is 2. The van der Waals surface area contributed by atoms with Crippen LogP contribution in [0.3, 0.4) is 0 Å². The Labute approximate surface area is 307 Å². The van der Waals surface area contributed by atoms with Crippen molar-refractivity contribution in [2.75, 3.05) is 20.0 Å². The molecule has 1 unspecified atom stereocenters. The summed E-state index contributed by atoms with van der Waals surface area (Å²) in [7, 11) is 0. The highest BCUT2D eigenvalue weighted by Crippen LogP contribution is 2.35. The fraction of sp³-hybridized carbons (Fsp3) is 0.174. The molecule has 0 aliphatic rings. The number of benzene rings is 6. The summed E-state index contributed by atoms with van der Waals surface area (Å²) >= 11 is 0. The van der Waals surface area contributed by atoms with E-state index in [1.54, 1.807) is 0 Å². The van der Waals surface area contributed by atoms with Gasteiger partial charge in [-0.2, -0.15) is 0 Å². The lowest BCUT2D eigenvalue weighted by molar-refractivity contribution is 0.0624. The Morgan fingerprint density at radius 3 is 1.33 bits per heavy atom. The molecule has 0 radical (unpaired) electrons. The van der Waals surface area contributed by atoms with Crippen molar-refractivity contribution in [1.29, 1.82) is 0 Å². The van der Waals surface area contributed by atoms with Gasteiger partial charge in [-0.25, -0.2) is 0 Å². The molecule has 6 aromatic rings. The maximum absolute atomic E-state index is 10.8. The van der Waals surface area contributed by atoms with Gasteiger partial charge in [-0.3, -0.25) is 0 Å². The summed E-state index contributed by atoms with van der Waals surface area (Å²) in [6, 6.07) is 44.7. The van der Waals surface area contributed by atoms with Gasteiger partial charge in [0, 0.05) is 11.1 Å². The number of hydrogen-bond acceptors (Lipinski definition) is 6. The highest BCUT2D eigenvalue weighted by molar-refractivity contribution is 5.72. The summed E-state index contributed by atoms with van der Waals surface area (Å²) in [6.45, 7) is 11.4. The van der Waals surface area contributed by atoms with Crippen molar-refractivity contribution in [3.8, 4) is 56.4 Å². The second-order valence-electron chi connectivity index (χ2n) is 12.5. The minimum atomic E-state index is -0.795. The molecule has 0 saturated carbocycles. The minimum Gasteiger partial charge on any atom is -0.516 e. The Morgan fingerprint density at radius 1 is 0.500 bits per heavy atom. The number of ether oxygens (including phenoxy) is 4. The topological polar surface area (TPSA) is 77.4 Å². The van der Waals surface area contributed by atoms with Crippen molar-refractivity contribution < 1.29 is 29.2 Å². The highest BCUT2D eigenvalue weighted by Gasteiger charge is 2.15. The van der Waals surface area contributed by atoms with Gasteiger partial charge in [-0.05, 0) is 109 Å². The van der Waals surface area contributed by atoms with Crippen LogP contribution >= 0.6 is 0 Å². The van der Waals surface area contributed by atoms with Crippen LogP contribution in [0.25, 0.3) is 33.4 Å². The molecule has 6 nitrogen and oxygen atoms in total. The predicted molar refractivity (Wildman–Crippen MR) is 211 cm³/mol. The van der Waals surface area contributed by atoms with E-state index >= 15 is 0 Å². The maximum Gasteiger partial charge on any atom is 0.230 e. The van der Waals surface area contributed by atoms with Crippen molar-refractivity contribution in [1.82, 2.24) is 0 Å². The van der Waals surface area contributed by atoms with E-state index in [1.165, 1.54) is 0 Å². The van der Waals surface area contributed by atoms with Crippen molar-refractivity contribution >= 4 is 0 Å². The minimum absolute atomic E-state index is 0.103. The molecule has 0 aliphatic heterocycles. The van der Waals surface area contributed by atoms with E-state index in [1.807, 2.05) is 105 Å². The fourth-order valence-corrected chi connectivity index (χ4v) is 6.15. The van der Waals surface area contributed by atoms with Gasteiger partial charge in [-0.15, -0.1) is 0 Å². The summed E-state index contributed by atoms with van der Waals surface area (Å²) < 4.78 is 24.5. The molecule has 6 aromatic carbocycles. The summed E-state index contributed by atoms with van der Waals surface area (Å²) in [4.78, 5) is 0. The van der Waals surface area contributed by atoms with Crippen LogP contribution in [0.1, 0.15) is 22.3 Å². The first-order valence-electron chi connectivity index (χ1n) is 17.2. The molecule has 266 valence electrons. The van der Waals surface area contributed by atoms with Crippen LogP contribution in [-0.4, -0.2) is 36.3 Å². The largest absolute Gasteiger partial charge is 0.516 e. The zero-order valence-corrected chi connectivity index (χ0v) is 30.2. The molecule has 52 heavy (non-hydrogen) atoms. The molecule has 0 fully saturated rings. The Hall–Kier alpha value is -5.98. The van der Waals surface area contributed by atoms with E-state index in [9.17, 15) is 5.11 Å². The smallest absolute Gasteiger partial charge is 0.230 e. The normalized spacial score (nSPS) is 11.1. The second kappa shape index (κ2) is 18.3. The van der Waals surface area contributed by atoms with Crippen LogP contribution < -0.4 is 18.9 Å². The molecule has 2 N–H and O–H groups in total. The van der Waals surface area contributed by atoms with Crippen LogP contribution in [-0.2, 0) is 0 Å². The van der Waals surface area contributed by atoms with Crippen LogP contribution in [0.2, 0.25) is 0 Å². The van der Waals surface area contributed by atoms with Gasteiger partial charge in [0.25, 0.3) is 0 Å². The Bertz CT molecular complexity index is 2010. The van der Waals surface area contributed by atoms with E-state index in [0.717, 1.165) is 84.9 Å². The van der Waals surface area contributed by atoms with Crippen LogP contribution in [0.5, 0.6) is 23.0 Å². The third kappa shape index (κ3) is 9.62. The van der Waals surface area contributed by atoms with Crippen molar-refractivity contribution in [3.05, 3.63) is 169 Å². The molecule has 0 aliphatic carbocycles. The standard InChI is InChI=1S/C44H42O5.C2H4O/c1-30-23-36(24-31(2)43(30)47-28-38(45)27-46-41-21-13-11-19-39(41)34-15-7-5-8-16-34)37-25-32(3)44(33(4)26-37)49-29-48-42-22-14-12-20-40(42)35-17-9-6-10-18-35;1-2-3/h5-26,38,45H,27-29H2,1-4H3;2-3H,1H2. The van der Waals surface area contributed by atoms with E-state index in [0.29, 0.717) is 0 Å². The summed E-state index contributed by atoms with van der Waals surface area (Å²) in [6.07, 6.45) is -0.0454. The number of para-hydroxylation sites is 2. The number of aryl methyl sites for hydroxylation is 4. The Kier molecular flexibility index (Phi) is 13.1. The van der Waals surface area contributed by atoms with Crippen LogP contribution in [0, 0.1) is 27.7 Å². The zero-order chi connectivity index (χ0) is 36.9.